The number of hydrogen-bond donors (Lipinski definition) is 1. The summed E-state index contributed by atoms with van der Waals surface area (Å²) in [6.45, 7) is 8.29. The fraction of sp³-hybridized carbons (Fsp3) is 1.00. The van der Waals surface area contributed by atoms with Crippen molar-refractivity contribution in [1.82, 2.24) is 10.2 Å². The Bertz CT molecular complexity index is 241. The van der Waals surface area contributed by atoms with Crippen molar-refractivity contribution in [3.05, 3.63) is 0 Å². The third-order valence-electron chi connectivity index (χ3n) is 3.63. The van der Waals surface area contributed by atoms with E-state index in [1.165, 1.54) is 0 Å². The molecule has 0 aromatic heterocycles. The molecule has 1 saturated heterocycles. The van der Waals surface area contributed by atoms with Crippen molar-refractivity contribution in [1.29, 1.82) is 0 Å². The first-order chi connectivity index (χ1) is 8.31. The summed E-state index contributed by atoms with van der Waals surface area (Å²) in [6, 6.07) is -0.0284. The predicted octanol–water partition coefficient (Wildman–Crippen LogP) is 2.89. The summed E-state index contributed by atoms with van der Waals surface area (Å²) in [5.74, 6) is 1.02. The van der Waals surface area contributed by atoms with Crippen LogP contribution < -0.4 is 5.32 Å². The molecular formula is C13H25F3N2. The highest BCUT2D eigenvalue weighted by Gasteiger charge is 2.32. The zero-order chi connectivity index (χ0) is 13.8. The molecule has 18 heavy (non-hydrogen) atoms. The Hall–Kier alpha value is -0.290. The topological polar surface area (TPSA) is 15.3 Å². The van der Waals surface area contributed by atoms with Crippen LogP contribution in [0, 0.1) is 11.8 Å². The lowest BCUT2D eigenvalue weighted by Gasteiger charge is -2.40. The number of piperidine rings is 1. The molecule has 108 valence electrons. The van der Waals surface area contributed by atoms with Crippen LogP contribution >= 0.6 is 0 Å². The zero-order valence-corrected chi connectivity index (χ0v) is 11.6. The van der Waals surface area contributed by atoms with Gasteiger partial charge in [0.05, 0.1) is 6.54 Å². The molecular weight excluding hydrogens is 241 g/mol. The lowest BCUT2D eigenvalue weighted by molar-refractivity contribution is -0.127. The largest absolute Gasteiger partial charge is 0.401 e. The molecule has 1 aliphatic heterocycles. The van der Waals surface area contributed by atoms with E-state index in [-0.39, 0.29) is 6.04 Å². The Balaban J connectivity index is 2.50. The number of alkyl halides is 3. The van der Waals surface area contributed by atoms with Crippen molar-refractivity contribution in [3.8, 4) is 0 Å². The zero-order valence-electron chi connectivity index (χ0n) is 11.6. The summed E-state index contributed by atoms with van der Waals surface area (Å²) in [4.78, 5) is 2.29. The van der Waals surface area contributed by atoms with E-state index in [2.05, 4.69) is 31.0 Å². The van der Waals surface area contributed by atoms with E-state index in [1.54, 1.807) is 0 Å². The van der Waals surface area contributed by atoms with Gasteiger partial charge in [-0.2, -0.15) is 13.2 Å². The van der Waals surface area contributed by atoms with E-state index >= 15 is 0 Å². The lowest BCUT2D eigenvalue weighted by atomic mass is 9.85. The van der Waals surface area contributed by atoms with Crippen LogP contribution in [0.25, 0.3) is 0 Å². The van der Waals surface area contributed by atoms with Crippen molar-refractivity contribution < 1.29 is 13.2 Å². The van der Waals surface area contributed by atoms with Gasteiger partial charge in [-0.1, -0.05) is 20.8 Å². The van der Waals surface area contributed by atoms with E-state index < -0.39 is 12.7 Å². The highest BCUT2D eigenvalue weighted by molar-refractivity contribution is 4.85. The fourth-order valence-electron chi connectivity index (χ4n) is 2.62. The van der Waals surface area contributed by atoms with Gasteiger partial charge >= 0.3 is 6.18 Å². The van der Waals surface area contributed by atoms with Crippen LogP contribution in [0.4, 0.5) is 13.2 Å². The smallest absolute Gasteiger partial charge is 0.305 e. The van der Waals surface area contributed by atoms with Gasteiger partial charge in [0.2, 0.25) is 0 Å². The van der Waals surface area contributed by atoms with Crippen molar-refractivity contribution >= 4 is 0 Å². The molecule has 0 aliphatic carbocycles. The minimum atomic E-state index is -4.11. The second-order valence-electron chi connectivity index (χ2n) is 5.69. The molecule has 1 rings (SSSR count). The maximum Gasteiger partial charge on any atom is 0.401 e. The molecule has 1 fully saturated rings. The molecule has 1 aliphatic rings. The predicted molar refractivity (Wildman–Crippen MR) is 67.5 cm³/mol. The molecule has 0 aromatic carbocycles. The van der Waals surface area contributed by atoms with Crippen molar-refractivity contribution in [3.63, 3.8) is 0 Å². The Morgan fingerprint density at radius 3 is 2.44 bits per heavy atom. The molecule has 2 unspecified atom stereocenters. The highest BCUT2D eigenvalue weighted by atomic mass is 19.4. The molecule has 0 radical (unpaired) electrons. The molecule has 0 amide bonds. The highest BCUT2D eigenvalue weighted by Crippen LogP contribution is 2.24. The van der Waals surface area contributed by atoms with Gasteiger partial charge in [-0.3, -0.25) is 0 Å². The summed E-state index contributed by atoms with van der Waals surface area (Å²) in [5, 5.41) is 2.67. The third kappa shape index (κ3) is 5.57. The minimum absolute atomic E-state index is 0.0284. The molecule has 1 N–H and O–H groups in total. The normalized spacial score (nSPS) is 26.8. The standard InChI is InChI=1S/C13H25F3N2/c1-4-5-18-7-11(10(2)3)6-12(8-18)17-9-13(14,15)16/h10-12,17H,4-9H2,1-3H3. The van der Waals surface area contributed by atoms with Crippen LogP contribution in [0.3, 0.4) is 0 Å². The molecule has 0 bridgehead atoms. The van der Waals surface area contributed by atoms with Gasteiger partial charge in [0.25, 0.3) is 0 Å². The summed E-state index contributed by atoms with van der Waals surface area (Å²) in [6.07, 6.45) is -2.20. The van der Waals surface area contributed by atoms with Crippen LogP contribution in [-0.2, 0) is 0 Å². The van der Waals surface area contributed by atoms with E-state index in [9.17, 15) is 13.2 Å². The maximum absolute atomic E-state index is 12.2. The van der Waals surface area contributed by atoms with Crippen LogP contribution in [0.15, 0.2) is 0 Å². The lowest BCUT2D eigenvalue weighted by Crippen LogP contribution is -2.52. The first-order valence-corrected chi connectivity index (χ1v) is 6.84. The van der Waals surface area contributed by atoms with Crippen LogP contribution in [0.1, 0.15) is 33.6 Å². The van der Waals surface area contributed by atoms with Gasteiger partial charge in [-0.25, -0.2) is 0 Å². The number of nitrogens with zero attached hydrogens (tertiary/aromatic N) is 1. The summed E-state index contributed by atoms with van der Waals surface area (Å²) in [5.41, 5.74) is 0. The Morgan fingerprint density at radius 2 is 1.94 bits per heavy atom. The van der Waals surface area contributed by atoms with Crippen LogP contribution in [0.5, 0.6) is 0 Å². The number of hydrogen-bond acceptors (Lipinski definition) is 2. The number of rotatable bonds is 5. The molecule has 2 atom stereocenters. The van der Waals surface area contributed by atoms with Crippen molar-refractivity contribution in [2.75, 3.05) is 26.2 Å². The van der Waals surface area contributed by atoms with Gasteiger partial charge in [0.1, 0.15) is 0 Å². The van der Waals surface area contributed by atoms with Gasteiger partial charge in [-0.05, 0) is 31.2 Å². The molecule has 0 aromatic rings. The van der Waals surface area contributed by atoms with Gasteiger partial charge in [-0.15, -0.1) is 0 Å². The molecule has 5 heteroatoms. The average Bonchev–Trinajstić information content (AvgIpc) is 2.25. The fourth-order valence-corrected chi connectivity index (χ4v) is 2.62. The number of nitrogens with one attached hydrogen (secondary N) is 1. The first kappa shape index (κ1) is 15.8. The maximum atomic E-state index is 12.2. The molecule has 0 spiro atoms. The van der Waals surface area contributed by atoms with E-state index in [1.807, 2.05) is 0 Å². The monoisotopic (exact) mass is 266 g/mol. The third-order valence-corrected chi connectivity index (χ3v) is 3.63. The molecule has 2 nitrogen and oxygen atoms in total. The van der Waals surface area contributed by atoms with Crippen molar-refractivity contribution in [2.45, 2.75) is 45.8 Å². The SMILES string of the molecule is CCCN1CC(NCC(F)(F)F)CC(C(C)C)C1. The van der Waals surface area contributed by atoms with Crippen molar-refractivity contribution in [2.24, 2.45) is 11.8 Å². The molecule has 1 heterocycles. The Kier molecular flexibility index (Phi) is 5.92. The quantitative estimate of drug-likeness (QED) is 0.823. The van der Waals surface area contributed by atoms with E-state index in [0.717, 1.165) is 32.5 Å². The number of halogens is 3. The second kappa shape index (κ2) is 6.75. The van der Waals surface area contributed by atoms with E-state index in [4.69, 9.17) is 0 Å². The summed E-state index contributed by atoms with van der Waals surface area (Å²) >= 11 is 0. The summed E-state index contributed by atoms with van der Waals surface area (Å²) < 4.78 is 36.7. The van der Waals surface area contributed by atoms with Gasteiger partial charge in [0, 0.05) is 19.1 Å². The Labute approximate surface area is 108 Å². The first-order valence-electron chi connectivity index (χ1n) is 6.84. The summed E-state index contributed by atoms with van der Waals surface area (Å²) in [7, 11) is 0. The molecule has 0 saturated carbocycles. The average molecular weight is 266 g/mol. The van der Waals surface area contributed by atoms with Crippen LogP contribution in [-0.4, -0.2) is 43.3 Å². The van der Waals surface area contributed by atoms with Gasteiger partial charge in [0.15, 0.2) is 0 Å². The van der Waals surface area contributed by atoms with E-state index in [0.29, 0.717) is 11.8 Å². The van der Waals surface area contributed by atoms with Crippen LogP contribution in [0.2, 0.25) is 0 Å². The Morgan fingerprint density at radius 1 is 1.28 bits per heavy atom. The second-order valence-corrected chi connectivity index (χ2v) is 5.69. The minimum Gasteiger partial charge on any atom is -0.305 e. The number of likely N-dealkylation sites (tertiary alicyclic amines) is 1. The van der Waals surface area contributed by atoms with Gasteiger partial charge < -0.3 is 10.2 Å².